The van der Waals surface area contributed by atoms with Crippen molar-refractivity contribution in [1.29, 1.82) is 0 Å². The maximum atomic E-state index is 8.64. The van der Waals surface area contributed by atoms with Crippen LogP contribution in [0.2, 0.25) is 19.6 Å². The molecule has 1 rings (SSSR count). The monoisotopic (exact) mass is 146 g/mol. The van der Waals surface area contributed by atoms with Crippen molar-refractivity contribution >= 4 is 8.07 Å². The molecule has 0 saturated carbocycles. The van der Waals surface area contributed by atoms with Crippen LogP contribution in [0.1, 0.15) is 0 Å². The van der Waals surface area contributed by atoms with Crippen LogP contribution in [0.15, 0.2) is 0 Å². The van der Waals surface area contributed by atoms with Crippen molar-refractivity contribution < 1.29 is 9.84 Å². The zero-order chi connectivity index (χ0) is 7.07. The SMILES string of the molecule is C[Si](C)(C)[C@@H]1O[C@H]1CO. The second kappa shape index (κ2) is 2.07. The van der Waals surface area contributed by atoms with Crippen LogP contribution in [-0.2, 0) is 4.74 Å². The number of epoxide rings is 1. The second-order valence-corrected chi connectivity index (χ2v) is 8.94. The Labute approximate surface area is 56.8 Å². The van der Waals surface area contributed by atoms with E-state index in [4.69, 9.17) is 9.84 Å². The Morgan fingerprint density at radius 2 is 2.00 bits per heavy atom. The molecule has 1 aliphatic heterocycles. The Kier molecular flexibility index (Phi) is 1.67. The van der Waals surface area contributed by atoms with Crippen molar-refractivity contribution in [2.45, 2.75) is 31.5 Å². The van der Waals surface area contributed by atoms with Gasteiger partial charge in [-0.05, 0) is 0 Å². The molecule has 54 valence electrons. The average molecular weight is 146 g/mol. The topological polar surface area (TPSA) is 32.8 Å². The minimum atomic E-state index is -1.09. The molecular formula is C6H14O2Si. The first-order chi connectivity index (χ1) is 4.05. The lowest BCUT2D eigenvalue weighted by Crippen LogP contribution is -2.31. The van der Waals surface area contributed by atoms with Gasteiger partial charge in [0.1, 0.15) is 6.10 Å². The molecule has 1 aliphatic rings. The van der Waals surface area contributed by atoms with Crippen molar-refractivity contribution in [2.75, 3.05) is 6.61 Å². The summed E-state index contributed by atoms with van der Waals surface area (Å²) in [5.41, 5.74) is 0.419. The molecule has 0 radical (unpaired) electrons. The van der Waals surface area contributed by atoms with E-state index in [1.165, 1.54) is 0 Å². The molecule has 1 saturated heterocycles. The van der Waals surface area contributed by atoms with E-state index in [0.29, 0.717) is 5.73 Å². The zero-order valence-electron chi connectivity index (χ0n) is 6.22. The van der Waals surface area contributed by atoms with Crippen LogP contribution in [0.3, 0.4) is 0 Å². The molecule has 0 amide bonds. The maximum absolute atomic E-state index is 8.64. The van der Waals surface area contributed by atoms with Crippen LogP contribution >= 0.6 is 0 Å². The van der Waals surface area contributed by atoms with Gasteiger partial charge in [0.2, 0.25) is 0 Å². The van der Waals surface area contributed by atoms with Gasteiger partial charge in [-0.15, -0.1) is 0 Å². The highest BCUT2D eigenvalue weighted by atomic mass is 28.3. The van der Waals surface area contributed by atoms with E-state index in [1.54, 1.807) is 0 Å². The van der Waals surface area contributed by atoms with Crippen molar-refractivity contribution in [3.8, 4) is 0 Å². The van der Waals surface area contributed by atoms with Gasteiger partial charge in [-0.25, -0.2) is 0 Å². The van der Waals surface area contributed by atoms with Crippen molar-refractivity contribution in [1.82, 2.24) is 0 Å². The summed E-state index contributed by atoms with van der Waals surface area (Å²) in [5.74, 6) is 0. The van der Waals surface area contributed by atoms with Gasteiger partial charge in [-0.1, -0.05) is 19.6 Å². The van der Waals surface area contributed by atoms with E-state index in [-0.39, 0.29) is 12.7 Å². The molecule has 0 aromatic carbocycles. The minimum absolute atomic E-state index is 0.177. The van der Waals surface area contributed by atoms with E-state index in [1.807, 2.05) is 0 Å². The fourth-order valence-corrected chi connectivity index (χ4v) is 2.85. The summed E-state index contributed by atoms with van der Waals surface area (Å²) in [6, 6.07) is 0. The second-order valence-electron chi connectivity index (χ2n) is 3.64. The molecule has 1 fully saturated rings. The lowest BCUT2D eigenvalue weighted by Gasteiger charge is -2.10. The zero-order valence-corrected chi connectivity index (χ0v) is 7.22. The molecule has 0 bridgehead atoms. The van der Waals surface area contributed by atoms with Gasteiger partial charge in [-0.3, -0.25) is 0 Å². The van der Waals surface area contributed by atoms with Crippen LogP contribution in [0, 0.1) is 0 Å². The maximum Gasteiger partial charge on any atom is 0.104 e. The molecule has 0 unspecified atom stereocenters. The Morgan fingerprint density at radius 3 is 2.11 bits per heavy atom. The highest BCUT2D eigenvalue weighted by molar-refractivity contribution is 6.78. The first-order valence-electron chi connectivity index (χ1n) is 3.32. The Balaban J connectivity index is 2.33. The molecule has 1 heterocycles. The summed E-state index contributed by atoms with van der Waals surface area (Å²) in [6.45, 7) is 6.98. The smallest absolute Gasteiger partial charge is 0.104 e. The van der Waals surface area contributed by atoms with Gasteiger partial charge >= 0.3 is 0 Å². The summed E-state index contributed by atoms with van der Waals surface area (Å²) in [7, 11) is -1.09. The molecule has 0 aliphatic carbocycles. The van der Waals surface area contributed by atoms with Crippen molar-refractivity contribution in [3.05, 3.63) is 0 Å². The number of rotatable bonds is 2. The standard InChI is InChI=1S/C6H14O2Si/c1-9(2,3)6-5(4-7)8-6/h5-7H,4H2,1-3H3/t5-,6-/m0/s1. The van der Waals surface area contributed by atoms with E-state index < -0.39 is 8.07 Å². The molecule has 1 N–H and O–H groups in total. The largest absolute Gasteiger partial charge is 0.394 e. The predicted molar refractivity (Wildman–Crippen MR) is 39.1 cm³/mol. The third-order valence-corrected chi connectivity index (χ3v) is 3.83. The van der Waals surface area contributed by atoms with Gasteiger partial charge in [0, 0.05) is 0 Å². The summed E-state index contributed by atoms with van der Waals surface area (Å²) in [4.78, 5) is 0. The van der Waals surface area contributed by atoms with Crippen LogP contribution in [-0.4, -0.2) is 31.6 Å². The van der Waals surface area contributed by atoms with Gasteiger partial charge in [-0.2, -0.15) is 0 Å². The Morgan fingerprint density at radius 1 is 1.44 bits per heavy atom. The predicted octanol–water partition coefficient (Wildman–Crippen LogP) is 0.623. The third kappa shape index (κ3) is 1.53. The quantitative estimate of drug-likeness (QED) is 0.457. The molecule has 3 heteroatoms. The van der Waals surface area contributed by atoms with Crippen LogP contribution < -0.4 is 0 Å². The van der Waals surface area contributed by atoms with Gasteiger partial charge in [0.25, 0.3) is 0 Å². The molecule has 0 aromatic rings. The number of aliphatic hydroxyl groups is 1. The van der Waals surface area contributed by atoms with Crippen molar-refractivity contribution in [2.24, 2.45) is 0 Å². The van der Waals surface area contributed by atoms with E-state index in [0.717, 1.165) is 0 Å². The van der Waals surface area contributed by atoms with Crippen LogP contribution in [0.5, 0.6) is 0 Å². The molecule has 2 atom stereocenters. The van der Waals surface area contributed by atoms with Gasteiger partial charge in [0.05, 0.1) is 20.4 Å². The molecule has 9 heavy (non-hydrogen) atoms. The average Bonchev–Trinajstić information content (AvgIpc) is 2.39. The van der Waals surface area contributed by atoms with E-state index in [9.17, 15) is 0 Å². The van der Waals surface area contributed by atoms with Gasteiger partial charge < -0.3 is 9.84 Å². The number of hydrogen-bond acceptors (Lipinski definition) is 2. The van der Waals surface area contributed by atoms with E-state index >= 15 is 0 Å². The third-order valence-electron chi connectivity index (χ3n) is 1.62. The summed E-state index contributed by atoms with van der Waals surface area (Å²) in [6.07, 6.45) is 0.177. The molecule has 2 nitrogen and oxygen atoms in total. The van der Waals surface area contributed by atoms with Crippen molar-refractivity contribution in [3.63, 3.8) is 0 Å². The first kappa shape index (κ1) is 7.25. The summed E-state index contributed by atoms with van der Waals surface area (Å²) in [5, 5.41) is 8.64. The lowest BCUT2D eigenvalue weighted by molar-refractivity contribution is 0.243. The first-order valence-corrected chi connectivity index (χ1v) is 6.90. The Bertz CT molecular complexity index is 108. The summed E-state index contributed by atoms with van der Waals surface area (Å²) < 4.78 is 5.24. The summed E-state index contributed by atoms with van der Waals surface area (Å²) >= 11 is 0. The minimum Gasteiger partial charge on any atom is -0.394 e. The number of ether oxygens (including phenoxy) is 1. The lowest BCUT2D eigenvalue weighted by atomic mass is 10.5. The highest BCUT2D eigenvalue weighted by Crippen LogP contribution is 2.30. The molecule has 0 spiro atoms. The van der Waals surface area contributed by atoms with Gasteiger partial charge in [0.15, 0.2) is 0 Å². The molecular weight excluding hydrogens is 132 g/mol. The normalized spacial score (nSPS) is 34.7. The van der Waals surface area contributed by atoms with Crippen LogP contribution in [0.4, 0.5) is 0 Å². The number of aliphatic hydroxyl groups excluding tert-OH is 1. The highest BCUT2D eigenvalue weighted by Gasteiger charge is 2.47. The van der Waals surface area contributed by atoms with Crippen LogP contribution in [0.25, 0.3) is 0 Å². The molecule has 0 aromatic heterocycles. The fraction of sp³-hybridized carbons (Fsp3) is 1.00. The Hall–Kier alpha value is 0.137. The fourth-order valence-electron chi connectivity index (χ4n) is 1.04. The van der Waals surface area contributed by atoms with E-state index in [2.05, 4.69) is 19.6 Å². The number of hydrogen-bond donors (Lipinski definition) is 1.